The minimum absolute atomic E-state index is 0.618. The van der Waals surface area contributed by atoms with Crippen molar-refractivity contribution in [1.29, 1.82) is 0 Å². The smallest absolute Gasteiger partial charge is 0.119 e. The summed E-state index contributed by atoms with van der Waals surface area (Å²) < 4.78 is 6.36. The third kappa shape index (κ3) is 6.08. The molecule has 1 fully saturated rings. The average molecular weight is 339 g/mol. The number of hydrogen-bond donors (Lipinski definition) is 0. The van der Waals surface area contributed by atoms with Crippen LogP contribution in [-0.4, -0.2) is 18.1 Å². The summed E-state index contributed by atoms with van der Waals surface area (Å²) in [6.45, 7) is 5.32. The lowest BCUT2D eigenvalue weighted by Crippen LogP contribution is -2.14. The largest absolute Gasteiger partial charge is 0.494 e. The highest BCUT2D eigenvalue weighted by Gasteiger charge is 2.23. The Balaban J connectivity index is 1.74. The van der Waals surface area contributed by atoms with E-state index in [4.69, 9.17) is 4.74 Å². The fraction of sp³-hybridized carbons (Fsp3) is 0.684. The number of unbranched alkanes of at least 4 members (excludes halogenated alkanes) is 3. The van der Waals surface area contributed by atoms with Gasteiger partial charge in [0, 0.05) is 0 Å². The SMILES string of the molecule is CCCCCC1CSC(c2ccc(OCCCC)cc2)SC1. The van der Waals surface area contributed by atoms with E-state index in [0.717, 1.165) is 24.7 Å². The Labute approximate surface area is 145 Å². The summed E-state index contributed by atoms with van der Waals surface area (Å²) in [4.78, 5) is 0. The van der Waals surface area contributed by atoms with Crippen molar-refractivity contribution in [3.05, 3.63) is 29.8 Å². The maximum Gasteiger partial charge on any atom is 0.119 e. The quantitative estimate of drug-likeness (QED) is 0.473. The molecule has 1 aliphatic rings. The number of ether oxygens (including phenoxy) is 1. The summed E-state index contributed by atoms with van der Waals surface area (Å²) in [7, 11) is 0. The van der Waals surface area contributed by atoms with Crippen LogP contribution in [0.1, 0.15) is 62.5 Å². The third-order valence-electron chi connectivity index (χ3n) is 4.10. The van der Waals surface area contributed by atoms with Crippen molar-refractivity contribution in [2.24, 2.45) is 5.92 Å². The Morgan fingerprint density at radius 2 is 1.64 bits per heavy atom. The standard InChI is InChI=1S/C19H30OS2/c1-3-5-7-8-16-14-21-19(22-15-16)17-9-11-18(12-10-17)20-13-6-4-2/h9-12,16,19H,3-8,13-15H2,1-2H3. The molecule has 1 aromatic carbocycles. The first-order chi connectivity index (χ1) is 10.8. The number of rotatable bonds is 9. The lowest BCUT2D eigenvalue weighted by Gasteiger charge is -2.28. The second kappa shape index (κ2) is 10.5. The van der Waals surface area contributed by atoms with E-state index in [-0.39, 0.29) is 0 Å². The Morgan fingerprint density at radius 1 is 0.955 bits per heavy atom. The van der Waals surface area contributed by atoms with Crippen molar-refractivity contribution >= 4 is 23.5 Å². The van der Waals surface area contributed by atoms with Crippen LogP contribution in [0.5, 0.6) is 5.75 Å². The molecule has 2 rings (SSSR count). The van der Waals surface area contributed by atoms with Gasteiger partial charge in [0.25, 0.3) is 0 Å². The zero-order valence-corrected chi connectivity index (χ0v) is 15.7. The Kier molecular flexibility index (Phi) is 8.61. The summed E-state index contributed by atoms with van der Waals surface area (Å²) in [5.41, 5.74) is 1.45. The van der Waals surface area contributed by atoms with E-state index in [1.807, 2.05) is 0 Å². The first kappa shape index (κ1) is 18.1. The van der Waals surface area contributed by atoms with Gasteiger partial charge in [-0.2, -0.15) is 0 Å². The summed E-state index contributed by atoms with van der Waals surface area (Å²) in [6, 6.07) is 8.78. The van der Waals surface area contributed by atoms with Gasteiger partial charge in [-0.25, -0.2) is 0 Å². The molecule has 0 spiro atoms. The van der Waals surface area contributed by atoms with E-state index in [0.29, 0.717) is 4.58 Å². The highest BCUT2D eigenvalue weighted by Crippen LogP contribution is 2.46. The third-order valence-corrected chi connectivity index (χ3v) is 7.40. The number of benzene rings is 1. The van der Waals surface area contributed by atoms with Gasteiger partial charge in [0.15, 0.2) is 0 Å². The molecule has 124 valence electrons. The summed E-state index contributed by atoms with van der Waals surface area (Å²) in [5, 5.41) is 0. The fourth-order valence-corrected chi connectivity index (χ4v) is 5.81. The molecule has 0 aromatic heterocycles. The van der Waals surface area contributed by atoms with Crippen LogP contribution in [0.15, 0.2) is 24.3 Å². The molecule has 0 bridgehead atoms. The maximum absolute atomic E-state index is 5.75. The predicted molar refractivity (Wildman–Crippen MR) is 102 cm³/mol. The molecule has 1 heterocycles. The van der Waals surface area contributed by atoms with E-state index in [9.17, 15) is 0 Å². The highest BCUT2D eigenvalue weighted by molar-refractivity contribution is 8.16. The van der Waals surface area contributed by atoms with E-state index >= 15 is 0 Å². The monoisotopic (exact) mass is 338 g/mol. The van der Waals surface area contributed by atoms with Crippen LogP contribution in [0, 0.1) is 5.92 Å². The van der Waals surface area contributed by atoms with Crippen LogP contribution in [-0.2, 0) is 0 Å². The zero-order valence-electron chi connectivity index (χ0n) is 14.1. The van der Waals surface area contributed by atoms with Crippen LogP contribution in [0.2, 0.25) is 0 Å². The number of hydrogen-bond acceptors (Lipinski definition) is 3. The molecule has 1 aromatic rings. The van der Waals surface area contributed by atoms with Gasteiger partial charge in [-0.3, -0.25) is 0 Å². The van der Waals surface area contributed by atoms with E-state index in [2.05, 4.69) is 61.6 Å². The van der Waals surface area contributed by atoms with Crippen LogP contribution in [0.25, 0.3) is 0 Å². The van der Waals surface area contributed by atoms with Gasteiger partial charge in [0.05, 0.1) is 11.2 Å². The van der Waals surface area contributed by atoms with Gasteiger partial charge in [0.1, 0.15) is 5.75 Å². The molecule has 0 N–H and O–H groups in total. The minimum atomic E-state index is 0.618. The molecule has 0 aliphatic carbocycles. The molecule has 1 saturated heterocycles. The molecular formula is C19H30OS2. The maximum atomic E-state index is 5.75. The summed E-state index contributed by atoms with van der Waals surface area (Å²) in [5.74, 6) is 4.60. The molecule has 0 atom stereocenters. The van der Waals surface area contributed by atoms with Gasteiger partial charge in [-0.05, 0) is 48.0 Å². The number of thioether (sulfide) groups is 2. The molecule has 0 amide bonds. The Bertz CT molecular complexity index is 396. The lowest BCUT2D eigenvalue weighted by atomic mass is 10.1. The minimum Gasteiger partial charge on any atom is -0.494 e. The van der Waals surface area contributed by atoms with Crippen LogP contribution < -0.4 is 4.74 Å². The van der Waals surface area contributed by atoms with Crippen molar-refractivity contribution in [2.45, 2.75) is 57.0 Å². The molecule has 22 heavy (non-hydrogen) atoms. The molecule has 0 unspecified atom stereocenters. The summed E-state index contributed by atoms with van der Waals surface area (Å²) in [6.07, 6.45) is 7.89. The first-order valence-electron chi connectivity index (χ1n) is 8.79. The van der Waals surface area contributed by atoms with Gasteiger partial charge in [-0.1, -0.05) is 51.7 Å². The molecule has 3 heteroatoms. The van der Waals surface area contributed by atoms with Gasteiger partial charge in [0.2, 0.25) is 0 Å². The second-order valence-corrected chi connectivity index (χ2v) is 8.71. The van der Waals surface area contributed by atoms with Crippen molar-refractivity contribution in [3.63, 3.8) is 0 Å². The van der Waals surface area contributed by atoms with Crippen LogP contribution in [0.4, 0.5) is 0 Å². The van der Waals surface area contributed by atoms with Crippen molar-refractivity contribution in [3.8, 4) is 5.75 Å². The van der Waals surface area contributed by atoms with Crippen molar-refractivity contribution < 1.29 is 4.74 Å². The predicted octanol–water partition coefficient (Wildman–Crippen LogP) is 6.54. The zero-order chi connectivity index (χ0) is 15.6. The van der Waals surface area contributed by atoms with E-state index < -0.39 is 0 Å². The van der Waals surface area contributed by atoms with Gasteiger partial charge < -0.3 is 4.74 Å². The second-order valence-electron chi connectivity index (χ2n) is 6.13. The fourth-order valence-electron chi connectivity index (χ4n) is 2.64. The Morgan fingerprint density at radius 3 is 2.27 bits per heavy atom. The topological polar surface area (TPSA) is 9.23 Å². The molecule has 1 nitrogen and oxygen atoms in total. The Hall–Kier alpha value is -0.280. The van der Waals surface area contributed by atoms with Gasteiger partial charge in [-0.15, -0.1) is 23.5 Å². The normalized spacial score (nSPS) is 21.7. The van der Waals surface area contributed by atoms with Gasteiger partial charge >= 0.3 is 0 Å². The average Bonchev–Trinajstić information content (AvgIpc) is 2.57. The highest BCUT2D eigenvalue weighted by atomic mass is 32.2. The molecule has 0 radical (unpaired) electrons. The summed E-state index contributed by atoms with van der Waals surface area (Å²) >= 11 is 4.26. The van der Waals surface area contributed by atoms with E-state index in [1.165, 1.54) is 49.2 Å². The molecular weight excluding hydrogens is 308 g/mol. The van der Waals surface area contributed by atoms with Crippen LogP contribution in [0.3, 0.4) is 0 Å². The first-order valence-corrected chi connectivity index (χ1v) is 10.9. The van der Waals surface area contributed by atoms with Crippen LogP contribution >= 0.6 is 23.5 Å². The lowest BCUT2D eigenvalue weighted by molar-refractivity contribution is 0.309. The van der Waals surface area contributed by atoms with Crippen molar-refractivity contribution in [1.82, 2.24) is 0 Å². The molecule has 1 aliphatic heterocycles. The molecule has 0 saturated carbocycles. The van der Waals surface area contributed by atoms with E-state index in [1.54, 1.807) is 0 Å². The van der Waals surface area contributed by atoms with Crippen molar-refractivity contribution in [2.75, 3.05) is 18.1 Å².